The topological polar surface area (TPSA) is 79.7 Å². The minimum absolute atomic E-state index is 0.0730. The summed E-state index contributed by atoms with van der Waals surface area (Å²) in [4.78, 5) is 28.7. The van der Waals surface area contributed by atoms with Gasteiger partial charge in [0.15, 0.2) is 0 Å². The fourth-order valence-electron chi connectivity index (χ4n) is 2.65. The average molecular weight is 292 g/mol. The Labute approximate surface area is 123 Å². The number of hydrogen-bond acceptors (Lipinski definition) is 5. The summed E-state index contributed by atoms with van der Waals surface area (Å²) in [5, 5.41) is 9.07. The summed E-state index contributed by atoms with van der Waals surface area (Å²) in [5.74, 6) is -0.697. The quantitative estimate of drug-likeness (QED) is 0.809. The first-order valence-corrected chi connectivity index (χ1v) is 7.23. The average Bonchev–Trinajstić information content (AvgIpc) is 2.99. The molecule has 6 nitrogen and oxygen atoms in total. The highest BCUT2D eigenvalue weighted by atomic mass is 16.5. The number of esters is 1. The number of nitrogens with zero attached hydrogens (tertiary/aromatic N) is 2. The van der Waals surface area contributed by atoms with E-state index in [1.807, 2.05) is 4.90 Å². The Morgan fingerprint density at radius 2 is 2.10 bits per heavy atom. The molecule has 1 heterocycles. The van der Waals surface area contributed by atoms with Crippen molar-refractivity contribution in [3.05, 3.63) is 23.9 Å². The summed E-state index contributed by atoms with van der Waals surface area (Å²) >= 11 is 0. The van der Waals surface area contributed by atoms with E-state index < -0.39 is 11.9 Å². The van der Waals surface area contributed by atoms with E-state index in [2.05, 4.69) is 4.98 Å². The van der Waals surface area contributed by atoms with Gasteiger partial charge in [-0.25, -0.2) is 9.78 Å². The maximum atomic E-state index is 11.6. The lowest BCUT2D eigenvalue weighted by atomic mass is 10.2. The van der Waals surface area contributed by atoms with Crippen molar-refractivity contribution in [3.8, 4) is 0 Å². The Morgan fingerprint density at radius 1 is 1.38 bits per heavy atom. The van der Waals surface area contributed by atoms with Crippen LogP contribution in [0.4, 0.5) is 5.82 Å². The fraction of sp³-hybridized carbons (Fsp3) is 0.533. The predicted octanol–water partition coefficient (Wildman–Crippen LogP) is 2.09. The maximum absolute atomic E-state index is 11.6. The second kappa shape index (κ2) is 7.06. The first-order chi connectivity index (χ1) is 10.1. The number of carbonyl (C=O) groups excluding carboxylic acids is 1. The highest BCUT2D eigenvalue weighted by molar-refractivity contribution is 5.89. The van der Waals surface area contributed by atoms with Gasteiger partial charge in [-0.2, -0.15) is 0 Å². The Hall–Kier alpha value is -2.11. The first kappa shape index (κ1) is 15.3. The van der Waals surface area contributed by atoms with Gasteiger partial charge in [0.25, 0.3) is 0 Å². The zero-order valence-electron chi connectivity index (χ0n) is 12.1. The summed E-state index contributed by atoms with van der Waals surface area (Å²) in [6, 6.07) is 3.53. The lowest BCUT2D eigenvalue weighted by Crippen LogP contribution is -2.38. The maximum Gasteiger partial charge on any atom is 0.339 e. The van der Waals surface area contributed by atoms with Crippen molar-refractivity contribution in [2.75, 3.05) is 18.1 Å². The molecule has 21 heavy (non-hydrogen) atoms. The van der Waals surface area contributed by atoms with Crippen molar-refractivity contribution in [1.82, 2.24) is 4.98 Å². The lowest BCUT2D eigenvalue weighted by Gasteiger charge is -2.28. The van der Waals surface area contributed by atoms with Crippen molar-refractivity contribution in [3.63, 3.8) is 0 Å². The van der Waals surface area contributed by atoms with Gasteiger partial charge in [-0.15, -0.1) is 0 Å². The molecule has 0 aromatic carbocycles. The van der Waals surface area contributed by atoms with Crippen LogP contribution in [0, 0.1) is 0 Å². The van der Waals surface area contributed by atoms with Gasteiger partial charge in [-0.1, -0.05) is 12.8 Å². The molecule has 1 aliphatic rings. The molecule has 0 unspecified atom stereocenters. The third-order valence-corrected chi connectivity index (χ3v) is 3.62. The van der Waals surface area contributed by atoms with Gasteiger partial charge in [0.1, 0.15) is 12.4 Å². The Kier molecular flexibility index (Phi) is 5.14. The molecule has 6 heteroatoms. The molecule has 0 aliphatic heterocycles. The molecule has 1 aromatic rings. The highest BCUT2D eigenvalue weighted by Crippen LogP contribution is 2.27. The summed E-state index contributed by atoms with van der Waals surface area (Å²) in [6.07, 6.45) is 5.63. The fourth-order valence-corrected chi connectivity index (χ4v) is 2.65. The third kappa shape index (κ3) is 3.93. The smallest absolute Gasteiger partial charge is 0.339 e. The monoisotopic (exact) mass is 292 g/mol. The lowest BCUT2D eigenvalue weighted by molar-refractivity contribution is -0.135. The van der Waals surface area contributed by atoms with Crippen molar-refractivity contribution in [2.24, 2.45) is 0 Å². The van der Waals surface area contributed by atoms with E-state index in [0.29, 0.717) is 18.0 Å². The molecule has 1 aromatic heterocycles. The molecule has 0 bridgehead atoms. The highest BCUT2D eigenvalue weighted by Gasteiger charge is 2.25. The minimum atomic E-state index is -0.877. The molecule has 1 N–H and O–H groups in total. The summed E-state index contributed by atoms with van der Waals surface area (Å²) in [6.45, 7) is 1.98. The third-order valence-electron chi connectivity index (χ3n) is 3.62. The first-order valence-electron chi connectivity index (χ1n) is 7.23. The largest absolute Gasteiger partial charge is 0.480 e. The number of aromatic nitrogens is 1. The van der Waals surface area contributed by atoms with Crippen LogP contribution in [-0.4, -0.2) is 41.2 Å². The van der Waals surface area contributed by atoms with E-state index in [0.717, 1.165) is 25.7 Å². The van der Waals surface area contributed by atoms with Crippen molar-refractivity contribution >= 4 is 17.8 Å². The van der Waals surface area contributed by atoms with E-state index in [9.17, 15) is 9.59 Å². The molecule has 1 fully saturated rings. The number of anilines is 1. The van der Waals surface area contributed by atoms with Crippen LogP contribution in [0.25, 0.3) is 0 Å². The van der Waals surface area contributed by atoms with Crippen molar-refractivity contribution in [2.45, 2.75) is 38.6 Å². The molecule has 1 aliphatic carbocycles. The van der Waals surface area contributed by atoms with Gasteiger partial charge in [0, 0.05) is 12.2 Å². The van der Waals surface area contributed by atoms with Crippen LogP contribution in [0.1, 0.15) is 43.0 Å². The number of ether oxygens (including phenoxy) is 1. The Bertz CT molecular complexity index is 495. The Balaban J connectivity index is 2.15. The number of pyridine rings is 1. The molecule has 0 spiro atoms. The van der Waals surface area contributed by atoms with E-state index in [1.54, 1.807) is 19.1 Å². The normalized spacial score (nSPS) is 14.9. The molecule has 0 amide bonds. The van der Waals surface area contributed by atoms with Gasteiger partial charge >= 0.3 is 11.9 Å². The van der Waals surface area contributed by atoms with E-state index in [-0.39, 0.29) is 12.6 Å². The van der Waals surface area contributed by atoms with Gasteiger partial charge in [-0.05, 0) is 31.9 Å². The second-order valence-corrected chi connectivity index (χ2v) is 5.09. The van der Waals surface area contributed by atoms with Crippen LogP contribution in [0.2, 0.25) is 0 Å². The number of rotatable bonds is 6. The van der Waals surface area contributed by atoms with Gasteiger partial charge < -0.3 is 14.7 Å². The van der Waals surface area contributed by atoms with Gasteiger partial charge in [-0.3, -0.25) is 4.79 Å². The molecule has 2 rings (SSSR count). The van der Waals surface area contributed by atoms with Crippen LogP contribution in [0.5, 0.6) is 0 Å². The molecule has 0 atom stereocenters. The summed E-state index contributed by atoms with van der Waals surface area (Å²) in [5.41, 5.74) is 0.377. The molecule has 1 saturated carbocycles. The van der Waals surface area contributed by atoms with Crippen LogP contribution < -0.4 is 4.90 Å². The van der Waals surface area contributed by atoms with Crippen LogP contribution in [-0.2, 0) is 9.53 Å². The zero-order chi connectivity index (χ0) is 15.2. The SMILES string of the molecule is CCOC(=O)c1ccc(N(CC(=O)O)C2CCCC2)nc1. The molecule has 0 saturated heterocycles. The summed E-state index contributed by atoms with van der Waals surface area (Å²) < 4.78 is 4.91. The van der Waals surface area contributed by atoms with Crippen LogP contribution in [0.3, 0.4) is 0 Å². The second-order valence-electron chi connectivity index (χ2n) is 5.09. The zero-order valence-corrected chi connectivity index (χ0v) is 12.1. The number of hydrogen-bond donors (Lipinski definition) is 1. The van der Waals surface area contributed by atoms with E-state index in [4.69, 9.17) is 9.84 Å². The molecular weight excluding hydrogens is 272 g/mol. The minimum Gasteiger partial charge on any atom is -0.480 e. The van der Waals surface area contributed by atoms with E-state index >= 15 is 0 Å². The van der Waals surface area contributed by atoms with Crippen LogP contribution >= 0.6 is 0 Å². The van der Waals surface area contributed by atoms with Gasteiger partial charge in [0.2, 0.25) is 0 Å². The predicted molar refractivity (Wildman–Crippen MR) is 77.4 cm³/mol. The van der Waals surface area contributed by atoms with E-state index in [1.165, 1.54) is 6.20 Å². The summed E-state index contributed by atoms with van der Waals surface area (Å²) in [7, 11) is 0. The van der Waals surface area contributed by atoms with Crippen LogP contribution in [0.15, 0.2) is 18.3 Å². The molecule has 0 radical (unpaired) electrons. The molecular formula is C15H20N2O4. The number of carboxylic acids is 1. The number of aliphatic carboxylic acids is 1. The number of carbonyl (C=O) groups is 2. The van der Waals surface area contributed by atoms with Crippen molar-refractivity contribution < 1.29 is 19.4 Å². The van der Waals surface area contributed by atoms with Crippen molar-refractivity contribution in [1.29, 1.82) is 0 Å². The molecule has 114 valence electrons. The standard InChI is InChI=1S/C15H20N2O4/c1-2-21-15(20)11-7-8-13(16-9-11)17(10-14(18)19)12-5-3-4-6-12/h7-9,12H,2-6,10H2,1H3,(H,18,19). The number of carboxylic acid groups (broad SMARTS) is 1. The van der Waals surface area contributed by atoms with Gasteiger partial charge in [0.05, 0.1) is 12.2 Å². The Morgan fingerprint density at radius 3 is 2.62 bits per heavy atom.